The van der Waals surface area contributed by atoms with Crippen molar-refractivity contribution in [3.63, 3.8) is 0 Å². The third-order valence-corrected chi connectivity index (χ3v) is 5.66. The Bertz CT molecular complexity index is 597. The maximum absolute atomic E-state index is 12.8. The van der Waals surface area contributed by atoms with Crippen molar-refractivity contribution in [2.24, 2.45) is 5.92 Å². The highest BCUT2D eigenvalue weighted by atomic mass is 16.5. The zero-order valence-electron chi connectivity index (χ0n) is 15.7. The summed E-state index contributed by atoms with van der Waals surface area (Å²) < 4.78 is 10.6. The lowest BCUT2D eigenvalue weighted by atomic mass is 9.86. The summed E-state index contributed by atoms with van der Waals surface area (Å²) in [5.74, 6) is 2.17. The third-order valence-electron chi connectivity index (χ3n) is 5.66. The van der Waals surface area contributed by atoms with Gasteiger partial charge in [0.1, 0.15) is 0 Å². The van der Waals surface area contributed by atoms with Crippen molar-refractivity contribution < 1.29 is 14.3 Å². The van der Waals surface area contributed by atoms with Gasteiger partial charge in [0.2, 0.25) is 0 Å². The molecular weight excluding hydrogens is 316 g/mol. The zero-order chi connectivity index (χ0) is 17.8. The Morgan fingerprint density at radius 2 is 1.76 bits per heavy atom. The molecule has 1 aromatic carbocycles. The van der Waals surface area contributed by atoms with Gasteiger partial charge in [-0.15, -0.1) is 0 Å². The largest absolute Gasteiger partial charge is 0.493 e. The zero-order valence-corrected chi connectivity index (χ0v) is 15.7. The first-order valence-corrected chi connectivity index (χ1v) is 9.37. The molecule has 138 valence electrons. The van der Waals surface area contributed by atoms with Crippen molar-refractivity contribution in [2.45, 2.75) is 38.6 Å². The van der Waals surface area contributed by atoms with Gasteiger partial charge in [0.25, 0.3) is 5.91 Å². The van der Waals surface area contributed by atoms with Gasteiger partial charge in [0.15, 0.2) is 11.5 Å². The van der Waals surface area contributed by atoms with E-state index in [2.05, 4.69) is 11.8 Å². The van der Waals surface area contributed by atoms with E-state index in [4.69, 9.17) is 9.47 Å². The molecule has 1 saturated heterocycles. The van der Waals surface area contributed by atoms with Crippen LogP contribution in [0.5, 0.6) is 11.5 Å². The molecule has 1 amide bonds. The van der Waals surface area contributed by atoms with E-state index < -0.39 is 0 Å². The van der Waals surface area contributed by atoms with Gasteiger partial charge >= 0.3 is 0 Å². The summed E-state index contributed by atoms with van der Waals surface area (Å²) in [6.45, 7) is 5.94. The molecule has 1 heterocycles. The summed E-state index contributed by atoms with van der Waals surface area (Å²) in [6.07, 6.45) is 5.34. The van der Waals surface area contributed by atoms with Crippen LogP contribution in [0.1, 0.15) is 43.0 Å². The van der Waals surface area contributed by atoms with Crippen LogP contribution in [-0.2, 0) is 0 Å². The van der Waals surface area contributed by atoms with Crippen LogP contribution >= 0.6 is 0 Å². The topological polar surface area (TPSA) is 42.0 Å². The SMILES string of the molecule is COc1ccc(C(=O)N2CCN([C@H]3CCC[C@@H](C)C3)CC2)cc1OC. The maximum atomic E-state index is 12.8. The lowest BCUT2D eigenvalue weighted by molar-refractivity contribution is 0.0488. The third kappa shape index (κ3) is 4.09. The molecule has 0 radical (unpaired) electrons. The Balaban J connectivity index is 1.60. The molecule has 1 aliphatic heterocycles. The van der Waals surface area contributed by atoms with Crippen LogP contribution in [0.3, 0.4) is 0 Å². The number of carbonyl (C=O) groups is 1. The average molecular weight is 346 g/mol. The number of hydrogen-bond donors (Lipinski definition) is 0. The molecule has 0 N–H and O–H groups in total. The van der Waals surface area contributed by atoms with Crippen molar-refractivity contribution in [1.29, 1.82) is 0 Å². The molecule has 1 aliphatic carbocycles. The molecule has 5 nitrogen and oxygen atoms in total. The Labute approximate surface area is 150 Å². The quantitative estimate of drug-likeness (QED) is 0.840. The molecule has 0 aromatic heterocycles. The van der Waals surface area contributed by atoms with Crippen LogP contribution in [0.25, 0.3) is 0 Å². The van der Waals surface area contributed by atoms with Crippen LogP contribution in [0.4, 0.5) is 0 Å². The van der Waals surface area contributed by atoms with Crippen LogP contribution in [0.2, 0.25) is 0 Å². The Kier molecular flexibility index (Phi) is 5.84. The van der Waals surface area contributed by atoms with Crippen molar-refractivity contribution in [3.8, 4) is 11.5 Å². The number of ether oxygens (including phenoxy) is 2. The summed E-state index contributed by atoms with van der Waals surface area (Å²) in [5.41, 5.74) is 0.664. The van der Waals surface area contributed by atoms with Gasteiger partial charge < -0.3 is 14.4 Å². The van der Waals surface area contributed by atoms with Gasteiger partial charge in [-0.25, -0.2) is 0 Å². The fourth-order valence-corrected chi connectivity index (χ4v) is 4.18. The summed E-state index contributed by atoms with van der Waals surface area (Å²) in [5, 5.41) is 0. The van der Waals surface area contributed by atoms with E-state index in [-0.39, 0.29) is 5.91 Å². The Morgan fingerprint density at radius 1 is 1.04 bits per heavy atom. The minimum Gasteiger partial charge on any atom is -0.493 e. The molecule has 0 spiro atoms. The van der Waals surface area contributed by atoms with E-state index in [0.29, 0.717) is 23.1 Å². The van der Waals surface area contributed by atoms with Crippen molar-refractivity contribution in [2.75, 3.05) is 40.4 Å². The Hall–Kier alpha value is -1.75. The minimum absolute atomic E-state index is 0.0811. The highest BCUT2D eigenvalue weighted by molar-refractivity contribution is 5.95. The first-order chi connectivity index (χ1) is 12.1. The summed E-state index contributed by atoms with van der Waals surface area (Å²) >= 11 is 0. The molecule has 5 heteroatoms. The summed E-state index contributed by atoms with van der Waals surface area (Å²) in [6, 6.07) is 6.10. The second-order valence-corrected chi connectivity index (χ2v) is 7.32. The molecule has 3 rings (SSSR count). The van der Waals surface area contributed by atoms with Gasteiger partial charge in [-0.3, -0.25) is 9.69 Å². The first-order valence-electron chi connectivity index (χ1n) is 9.37. The molecule has 2 fully saturated rings. The fraction of sp³-hybridized carbons (Fsp3) is 0.650. The fourth-order valence-electron chi connectivity index (χ4n) is 4.18. The summed E-state index contributed by atoms with van der Waals surface area (Å²) in [4.78, 5) is 17.4. The standard InChI is InChI=1S/C20H30N2O3/c1-15-5-4-6-17(13-15)21-9-11-22(12-10-21)20(23)16-7-8-18(24-2)19(14-16)25-3/h7-8,14-15,17H,4-6,9-13H2,1-3H3/t15-,17+/m1/s1. The van der Waals surface area contributed by atoms with Crippen LogP contribution < -0.4 is 9.47 Å². The number of hydrogen-bond acceptors (Lipinski definition) is 4. The lowest BCUT2D eigenvalue weighted by Gasteiger charge is -2.42. The van der Waals surface area contributed by atoms with Crippen LogP contribution in [0, 0.1) is 5.92 Å². The van der Waals surface area contributed by atoms with Gasteiger partial charge in [0.05, 0.1) is 14.2 Å². The molecule has 1 saturated carbocycles. The van der Waals surface area contributed by atoms with E-state index in [1.807, 2.05) is 11.0 Å². The number of carbonyl (C=O) groups excluding carboxylic acids is 1. The molecule has 2 atom stereocenters. The van der Waals surface area contributed by atoms with Crippen LogP contribution in [-0.4, -0.2) is 62.1 Å². The van der Waals surface area contributed by atoms with Crippen molar-refractivity contribution in [1.82, 2.24) is 9.80 Å². The number of amides is 1. The molecule has 0 bridgehead atoms. The number of rotatable bonds is 4. The number of methoxy groups -OCH3 is 2. The van der Waals surface area contributed by atoms with E-state index in [9.17, 15) is 4.79 Å². The second-order valence-electron chi connectivity index (χ2n) is 7.32. The number of benzene rings is 1. The predicted molar refractivity (Wildman–Crippen MR) is 98.4 cm³/mol. The van der Waals surface area contributed by atoms with Gasteiger partial charge in [0, 0.05) is 37.8 Å². The van der Waals surface area contributed by atoms with Crippen molar-refractivity contribution in [3.05, 3.63) is 23.8 Å². The Morgan fingerprint density at radius 3 is 2.40 bits per heavy atom. The van der Waals surface area contributed by atoms with E-state index in [1.54, 1.807) is 26.4 Å². The average Bonchev–Trinajstić information content (AvgIpc) is 2.67. The lowest BCUT2D eigenvalue weighted by Crippen LogP contribution is -2.52. The number of piperazine rings is 1. The normalized spacial score (nSPS) is 24.8. The smallest absolute Gasteiger partial charge is 0.254 e. The predicted octanol–water partition coefficient (Wildman–Crippen LogP) is 3.04. The molecular formula is C20H30N2O3. The van der Waals surface area contributed by atoms with Crippen LogP contribution in [0.15, 0.2) is 18.2 Å². The van der Waals surface area contributed by atoms with Gasteiger partial charge in [-0.2, -0.15) is 0 Å². The molecule has 25 heavy (non-hydrogen) atoms. The second kappa shape index (κ2) is 8.09. The molecule has 2 aliphatic rings. The van der Waals surface area contributed by atoms with E-state index in [0.717, 1.165) is 32.1 Å². The highest BCUT2D eigenvalue weighted by Crippen LogP contribution is 2.29. The monoisotopic (exact) mass is 346 g/mol. The van der Waals surface area contributed by atoms with E-state index >= 15 is 0 Å². The van der Waals surface area contributed by atoms with Gasteiger partial charge in [-0.05, 0) is 37.0 Å². The van der Waals surface area contributed by atoms with Crippen molar-refractivity contribution >= 4 is 5.91 Å². The molecule has 0 unspecified atom stereocenters. The number of nitrogens with zero attached hydrogens (tertiary/aromatic N) is 2. The maximum Gasteiger partial charge on any atom is 0.254 e. The van der Waals surface area contributed by atoms with Gasteiger partial charge in [-0.1, -0.05) is 19.8 Å². The first kappa shape index (κ1) is 18.1. The summed E-state index contributed by atoms with van der Waals surface area (Å²) in [7, 11) is 3.20. The van der Waals surface area contributed by atoms with E-state index in [1.165, 1.54) is 25.7 Å². The highest BCUT2D eigenvalue weighted by Gasteiger charge is 2.29. The molecule has 1 aromatic rings. The minimum atomic E-state index is 0.0811.